The molecular weight excluding hydrogens is 428 g/mol. The Morgan fingerprint density at radius 1 is 1.23 bits per heavy atom. The molecular formula is C21H21ClN2O7. The summed E-state index contributed by atoms with van der Waals surface area (Å²) in [7, 11) is 1.51. The highest BCUT2D eigenvalue weighted by molar-refractivity contribution is 6.34. The summed E-state index contributed by atoms with van der Waals surface area (Å²) in [5, 5.41) is 13.2. The molecule has 10 heteroatoms. The van der Waals surface area contributed by atoms with Gasteiger partial charge in [0.1, 0.15) is 0 Å². The third-order valence-electron chi connectivity index (χ3n) is 3.98. The zero-order chi connectivity index (χ0) is 23.0. The molecule has 2 aromatic rings. The van der Waals surface area contributed by atoms with Crippen LogP contribution in [0.3, 0.4) is 0 Å². The van der Waals surface area contributed by atoms with E-state index in [1.165, 1.54) is 38.3 Å². The molecule has 2 rings (SSSR count). The minimum Gasteiger partial charge on any atom is -0.493 e. The minimum atomic E-state index is -1.13. The molecule has 9 nitrogen and oxygen atoms in total. The number of methoxy groups -OCH3 is 1. The number of carbonyl (C=O) groups excluding carboxylic acids is 2. The van der Waals surface area contributed by atoms with Gasteiger partial charge in [0, 0.05) is 18.2 Å². The van der Waals surface area contributed by atoms with Crippen LogP contribution in [0.4, 0.5) is 11.4 Å². The van der Waals surface area contributed by atoms with E-state index in [-0.39, 0.29) is 16.4 Å². The molecule has 2 aromatic carbocycles. The Balaban J connectivity index is 1.97. The lowest BCUT2D eigenvalue weighted by molar-refractivity contribution is -0.384. The van der Waals surface area contributed by atoms with Crippen LogP contribution in [0, 0.1) is 10.1 Å². The summed E-state index contributed by atoms with van der Waals surface area (Å²) in [6.07, 6.45) is 1.56. The topological polar surface area (TPSA) is 117 Å². The maximum atomic E-state index is 12.2. The van der Waals surface area contributed by atoms with Crippen LogP contribution in [0.25, 0.3) is 6.08 Å². The van der Waals surface area contributed by atoms with Crippen LogP contribution >= 0.6 is 11.6 Å². The molecule has 0 aromatic heterocycles. The number of nitro groups is 1. The first-order valence-electron chi connectivity index (χ1n) is 9.19. The summed E-state index contributed by atoms with van der Waals surface area (Å²) < 4.78 is 15.8. The third-order valence-corrected chi connectivity index (χ3v) is 4.30. The van der Waals surface area contributed by atoms with Crippen molar-refractivity contribution in [1.82, 2.24) is 0 Å². The first-order valence-corrected chi connectivity index (χ1v) is 9.57. The zero-order valence-electron chi connectivity index (χ0n) is 17.1. The number of rotatable bonds is 9. The molecule has 164 valence electrons. The first-order chi connectivity index (χ1) is 14.7. The van der Waals surface area contributed by atoms with Crippen molar-refractivity contribution in [3.05, 3.63) is 63.2 Å². The summed E-state index contributed by atoms with van der Waals surface area (Å²) in [6.45, 7) is 3.74. The maximum Gasteiger partial charge on any atom is 0.331 e. The van der Waals surface area contributed by atoms with Crippen molar-refractivity contribution in [3.63, 3.8) is 0 Å². The molecule has 0 radical (unpaired) electrons. The van der Waals surface area contributed by atoms with Gasteiger partial charge in [0.25, 0.3) is 11.6 Å². The molecule has 0 aliphatic heterocycles. The summed E-state index contributed by atoms with van der Waals surface area (Å²) in [6, 6.07) is 8.77. The van der Waals surface area contributed by atoms with E-state index in [1.807, 2.05) is 6.92 Å². The van der Waals surface area contributed by atoms with Crippen LogP contribution in [-0.4, -0.2) is 36.6 Å². The fraction of sp³-hybridized carbons (Fsp3) is 0.238. The van der Waals surface area contributed by atoms with Crippen LogP contribution < -0.4 is 14.8 Å². The van der Waals surface area contributed by atoms with Gasteiger partial charge in [0.05, 0.1) is 29.4 Å². The number of esters is 1. The molecule has 1 amide bonds. The molecule has 0 aliphatic rings. The molecule has 0 saturated heterocycles. The molecule has 0 spiro atoms. The minimum absolute atomic E-state index is 0.00887. The van der Waals surface area contributed by atoms with Crippen molar-refractivity contribution >= 4 is 40.9 Å². The van der Waals surface area contributed by atoms with Gasteiger partial charge in [-0.3, -0.25) is 14.9 Å². The number of nitrogens with one attached hydrogen (secondary N) is 1. The number of non-ortho nitro benzene ring substituents is 1. The molecule has 0 fully saturated rings. The Morgan fingerprint density at radius 2 is 1.97 bits per heavy atom. The van der Waals surface area contributed by atoms with Crippen LogP contribution in [-0.2, 0) is 14.3 Å². The van der Waals surface area contributed by atoms with Crippen molar-refractivity contribution in [3.8, 4) is 11.5 Å². The van der Waals surface area contributed by atoms with E-state index in [1.54, 1.807) is 18.2 Å². The van der Waals surface area contributed by atoms with Crippen molar-refractivity contribution in [2.75, 3.05) is 19.0 Å². The van der Waals surface area contributed by atoms with E-state index in [4.69, 9.17) is 25.8 Å². The lowest BCUT2D eigenvalue weighted by Crippen LogP contribution is -2.29. The molecule has 0 saturated carbocycles. The molecule has 0 bridgehead atoms. The number of hydrogen-bond acceptors (Lipinski definition) is 7. The van der Waals surface area contributed by atoms with Gasteiger partial charge < -0.3 is 19.5 Å². The normalized spacial score (nSPS) is 11.6. The smallest absolute Gasteiger partial charge is 0.331 e. The summed E-state index contributed by atoms with van der Waals surface area (Å²) in [5.41, 5.74) is 0.628. The molecule has 31 heavy (non-hydrogen) atoms. The number of nitrogens with zero attached hydrogens (tertiary/aromatic N) is 1. The van der Waals surface area contributed by atoms with E-state index in [2.05, 4.69) is 5.32 Å². The average Bonchev–Trinajstić information content (AvgIpc) is 2.74. The molecule has 1 unspecified atom stereocenters. The van der Waals surface area contributed by atoms with Gasteiger partial charge in [-0.25, -0.2) is 4.79 Å². The Hall–Kier alpha value is -3.59. The Kier molecular flexibility index (Phi) is 8.39. The number of halogens is 1. The largest absolute Gasteiger partial charge is 0.493 e. The first kappa shape index (κ1) is 23.7. The highest BCUT2D eigenvalue weighted by Crippen LogP contribution is 2.29. The van der Waals surface area contributed by atoms with Crippen LogP contribution in [0.15, 0.2) is 42.5 Å². The van der Waals surface area contributed by atoms with E-state index < -0.39 is 22.9 Å². The monoisotopic (exact) mass is 448 g/mol. The van der Waals surface area contributed by atoms with Crippen LogP contribution in [0.5, 0.6) is 11.5 Å². The Labute approximate surface area is 183 Å². The predicted molar refractivity (Wildman–Crippen MR) is 115 cm³/mol. The number of nitro benzene ring substituents is 1. The van der Waals surface area contributed by atoms with Gasteiger partial charge in [0.15, 0.2) is 17.6 Å². The quantitative estimate of drug-likeness (QED) is 0.264. The summed E-state index contributed by atoms with van der Waals surface area (Å²) >= 11 is 5.94. The number of hydrogen-bond donors (Lipinski definition) is 1. The van der Waals surface area contributed by atoms with E-state index in [9.17, 15) is 19.7 Å². The van der Waals surface area contributed by atoms with Crippen molar-refractivity contribution in [2.24, 2.45) is 0 Å². The lowest BCUT2D eigenvalue weighted by atomic mass is 10.2. The second kappa shape index (κ2) is 11.0. The zero-order valence-corrected chi connectivity index (χ0v) is 17.8. The second-order valence-electron chi connectivity index (χ2n) is 6.17. The highest BCUT2D eigenvalue weighted by atomic mass is 35.5. The van der Waals surface area contributed by atoms with E-state index in [0.717, 1.165) is 6.07 Å². The fourth-order valence-corrected chi connectivity index (χ4v) is 2.67. The van der Waals surface area contributed by atoms with E-state index >= 15 is 0 Å². The van der Waals surface area contributed by atoms with Crippen LogP contribution in [0.1, 0.15) is 19.4 Å². The van der Waals surface area contributed by atoms with Crippen molar-refractivity contribution < 1.29 is 28.7 Å². The van der Waals surface area contributed by atoms with Crippen LogP contribution in [0.2, 0.25) is 5.02 Å². The van der Waals surface area contributed by atoms with E-state index in [0.29, 0.717) is 23.7 Å². The summed E-state index contributed by atoms with van der Waals surface area (Å²) in [5.74, 6) is -0.268. The molecule has 1 atom stereocenters. The Bertz CT molecular complexity index is 1010. The average molecular weight is 449 g/mol. The van der Waals surface area contributed by atoms with Gasteiger partial charge in [-0.2, -0.15) is 0 Å². The van der Waals surface area contributed by atoms with Gasteiger partial charge >= 0.3 is 5.97 Å². The van der Waals surface area contributed by atoms with Crippen molar-refractivity contribution in [1.29, 1.82) is 0 Å². The standard InChI is InChI=1S/C21H21ClN2O7/c1-4-30-18-9-5-14(11-19(18)29-3)6-10-20(25)31-13(2)21(26)23-17-8-7-15(24(27)28)12-16(17)22/h5-13H,4H2,1-3H3,(H,23,26)/b10-6+. The highest BCUT2D eigenvalue weighted by Gasteiger charge is 2.19. The molecule has 0 aliphatic carbocycles. The van der Waals surface area contributed by atoms with Crippen molar-refractivity contribution in [2.45, 2.75) is 20.0 Å². The van der Waals surface area contributed by atoms with Gasteiger partial charge in [0.2, 0.25) is 0 Å². The number of ether oxygens (including phenoxy) is 3. The second-order valence-corrected chi connectivity index (χ2v) is 6.57. The number of benzene rings is 2. The molecule has 0 heterocycles. The Morgan fingerprint density at radius 3 is 2.58 bits per heavy atom. The fourth-order valence-electron chi connectivity index (χ4n) is 2.45. The number of amides is 1. The number of carbonyl (C=O) groups is 2. The third kappa shape index (κ3) is 6.71. The summed E-state index contributed by atoms with van der Waals surface area (Å²) in [4.78, 5) is 34.4. The van der Waals surface area contributed by atoms with Gasteiger partial charge in [-0.15, -0.1) is 0 Å². The molecule has 1 N–H and O–H groups in total. The SMILES string of the molecule is CCOc1ccc(/C=C/C(=O)OC(C)C(=O)Nc2ccc([N+](=O)[O-])cc2Cl)cc1OC. The van der Waals surface area contributed by atoms with Gasteiger partial charge in [-0.05, 0) is 43.7 Å². The lowest BCUT2D eigenvalue weighted by Gasteiger charge is -2.13. The maximum absolute atomic E-state index is 12.2. The number of anilines is 1. The predicted octanol–water partition coefficient (Wildman–Crippen LogP) is 4.24. The van der Waals surface area contributed by atoms with Gasteiger partial charge in [-0.1, -0.05) is 17.7 Å².